The number of hydrogen-bond donors (Lipinski definition) is 2. The number of amides is 2. The number of esters is 1. The highest BCUT2D eigenvalue weighted by Crippen LogP contribution is 2.16. The zero-order valence-electron chi connectivity index (χ0n) is 16.1. The molecule has 2 amide bonds. The minimum atomic E-state index is -0.416. The van der Waals surface area contributed by atoms with Gasteiger partial charge in [-0.1, -0.05) is 19.1 Å². The van der Waals surface area contributed by atoms with Gasteiger partial charge >= 0.3 is 5.97 Å². The summed E-state index contributed by atoms with van der Waals surface area (Å²) in [5.74, 6) is -1.20. The number of nitrogens with one attached hydrogen (secondary N) is 2. The summed E-state index contributed by atoms with van der Waals surface area (Å²) in [5.41, 5.74) is 8.23. The lowest BCUT2D eigenvalue weighted by atomic mass is 10.1. The fourth-order valence-corrected chi connectivity index (χ4v) is 2.73. The van der Waals surface area contributed by atoms with Crippen molar-refractivity contribution >= 4 is 17.8 Å². The van der Waals surface area contributed by atoms with Crippen molar-refractivity contribution in [2.75, 3.05) is 6.61 Å². The zero-order valence-corrected chi connectivity index (χ0v) is 16.1. The number of hydrogen-bond acceptors (Lipinski definition) is 4. The molecule has 2 aromatic rings. The maximum absolute atomic E-state index is 12.2. The fourth-order valence-electron chi connectivity index (χ4n) is 2.73. The van der Waals surface area contributed by atoms with Crippen molar-refractivity contribution in [3.05, 3.63) is 58.4 Å². The molecule has 7 heteroatoms. The van der Waals surface area contributed by atoms with Gasteiger partial charge < -0.3 is 9.30 Å². The van der Waals surface area contributed by atoms with Crippen LogP contribution in [0.15, 0.2) is 30.3 Å². The Hall–Kier alpha value is -3.09. The summed E-state index contributed by atoms with van der Waals surface area (Å²) in [4.78, 5) is 36.2. The van der Waals surface area contributed by atoms with Crippen LogP contribution < -0.4 is 10.9 Å². The van der Waals surface area contributed by atoms with Crippen LogP contribution in [0.3, 0.4) is 0 Å². The molecule has 2 rings (SSSR count). The zero-order chi connectivity index (χ0) is 20.0. The number of benzene rings is 1. The number of carbonyl (C=O) groups is 3. The van der Waals surface area contributed by atoms with Gasteiger partial charge in [0.1, 0.15) is 6.54 Å². The third kappa shape index (κ3) is 4.97. The Bertz CT molecular complexity index is 838. The molecule has 0 saturated carbocycles. The Morgan fingerprint density at radius 2 is 1.70 bits per heavy atom. The molecular formula is C20H25N3O4. The molecule has 0 saturated heterocycles. The summed E-state index contributed by atoms with van der Waals surface area (Å²) in [6.07, 6.45) is 0.891. The molecule has 0 aliphatic carbocycles. The van der Waals surface area contributed by atoms with Crippen LogP contribution in [0.4, 0.5) is 0 Å². The molecule has 0 aliphatic heterocycles. The quantitative estimate of drug-likeness (QED) is 0.602. The maximum atomic E-state index is 12.2. The first-order valence-electron chi connectivity index (χ1n) is 8.89. The minimum Gasteiger partial charge on any atom is -0.462 e. The third-order valence-corrected chi connectivity index (χ3v) is 4.31. The SMILES string of the molecule is CCOC(=O)c1cc(C)n(CC(=O)NNC(=O)c2ccc(CC)cc2)c1C. The number of hydrazine groups is 1. The molecule has 144 valence electrons. The van der Waals surface area contributed by atoms with Crippen LogP contribution in [0, 0.1) is 13.8 Å². The predicted octanol–water partition coefficient (Wildman–Crippen LogP) is 2.31. The number of aromatic nitrogens is 1. The van der Waals surface area contributed by atoms with Gasteiger partial charge in [0.15, 0.2) is 0 Å². The monoisotopic (exact) mass is 371 g/mol. The van der Waals surface area contributed by atoms with Crippen molar-refractivity contribution in [2.45, 2.75) is 40.7 Å². The Labute approximate surface area is 158 Å². The largest absolute Gasteiger partial charge is 0.462 e. The first kappa shape index (κ1) is 20.2. The van der Waals surface area contributed by atoms with Crippen LogP contribution in [0.2, 0.25) is 0 Å². The minimum absolute atomic E-state index is 0.0217. The van der Waals surface area contributed by atoms with Gasteiger partial charge in [0.05, 0.1) is 12.2 Å². The fraction of sp³-hybridized carbons (Fsp3) is 0.350. The van der Waals surface area contributed by atoms with Gasteiger partial charge in [0, 0.05) is 17.0 Å². The molecule has 0 fully saturated rings. The second-order valence-electron chi connectivity index (χ2n) is 6.14. The van der Waals surface area contributed by atoms with E-state index in [2.05, 4.69) is 10.9 Å². The van der Waals surface area contributed by atoms with Crippen LogP contribution >= 0.6 is 0 Å². The number of aryl methyl sites for hydroxylation is 2. The van der Waals surface area contributed by atoms with Crippen LogP contribution in [0.1, 0.15) is 51.5 Å². The van der Waals surface area contributed by atoms with Crippen molar-refractivity contribution in [1.29, 1.82) is 0 Å². The molecule has 0 spiro atoms. The molecule has 0 aliphatic rings. The first-order valence-corrected chi connectivity index (χ1v) is 8.89. The molecule has 1 aromatic heterocycles. The van der Waals surface area contributed by atoms with E-state index in [1.165, 1.54) is 0 Å². The standard InChI is InChI=1S/C20H25N3O4/c1-5-15-7-9-16(10-8-15)19(25)22-21-18(24)12-23-13(3)11-17(14(23)4)20(26)27-6-2/h7-11H,5-6,12H2,1-4H3,(H,21,24)(H,22,25). The summed E-state index contributed by atoms with van der Waals surface area (Å²) < 4.78 is 6.71. The topological polar surface area (TPSA) is 89.4 Å². The Morgan fingerprint density at radius 1 is 1.04 bits per heavy atom. The number of nitrogens with zero attached hydrogens (tertiary/aromatic N) is 1. The second-order valence-corrected chi connectivity index (χ2v) is 6.14. The van der Waals surface area contributed by atoms with Gasteiger partial charge in [0.25, 0.3) is 11.8 Å². The van der Waals surface area contributed by atoms with Crippen LogP contribution in [-0.2, 0) is 22.5 Å². The van der Waals surface area contributed by atoms with E-state index in [-0.39, 0.29) is 19.1 Å². The van der Waals surface area contributed by atoms with Crippen LogP contribution in [0.5, 0.6) is 0 Å². The summed E-state index contributed by atoms with van der Waals surface area (Å²) in [6, 6.07) is 8.87. The second kappa shape index (κ2) is 9.02. The van der Waals surface area contributed by atoms with Gasteiger partial charge in [-0.2, -0.15) is 0 Å². The van der Waals surface area contributed by atoms with Gasteiger partial charge in [-0.05, 0) is 51.0 Å². The van der Waals surface area contributed by atoms with Gasteiger partial charge in [-0.3, -0.25) is 20.4 Å². The predicted molar refractivity (Wildman–Crippen MR) is 101 cm³/mol. The van der Waals surface area contributed by atoms with Gasteiger partial charge in [-0.25, -0.2) is 4.79 Å². The van der Waals surface area contributed by atoms with E-state index in [1.807, 2.05) is 19.1 Å². The molecule has 27 heavy (non-hydrogen) atoms. The third-order valence-electron chi connectivity index (χ3n) is 4.31. The summed E-state index contributed by atoms with van der Waals surface area (Å²) in [6.45, 7) is 7.59. The molecule has 0 unspecified atom stereocenters. The Kier molecular flexibility index (Phi) is 6.76. The summed E-state index contributed by atoms with van der Waals surface area (Å²) in [5, 5.41) is 0. The Balaban J connectivity index is 1.97. The highest BCUT2D eigenvalue weighted by molar-refractivity contribution is 5.95. The number of ether oxygens (including phenoxy) is 1. The molecule has 0 atom stereocenters. The molecule has 0 bridgehead atoms. The van der Waals surface area contributed by atoms with Crippen LogP contribution in [-0.4, -0.2) is 29.0 Å². The number of carbonyl (C=O) groups excluding carboxylic acids is 3. The van der Waals surface area contributed by atoms with E-state index in [9.17, 15) is 14.4 Å². The molecule has 1 heterocycles. The van der Waals surface area contributed by atoms with Crippen molar-refractivity contribution in [3.8, 4) is 0 Å². The lowest BCUT2D eigenvalue weighted by Gasteiger charge is -2.11. The Morgan fingerprint density at radius 3 is 2.30 bits per heavy atom. The highest BCUT2D eigenvalue weighted by atomic mass is 16.5. The van der Waals surface area contributed by atoms with Crippen molar-refractivity contribution in [3.63, 3.8) is 0 Å². The lowest BCUT2D eigenvalue weighted by molar-refractivity contribution is -0.122. The summed E-state index contributed by atoms with van der Waals surface area (Å²) >= 11 is 0. The van der Waals surface area contributed by atoms with Crippen molar-refractivity contribution in [2.24, 2.45) is 0 Å². The molecule has 1 aromatic carbocycles. The normalized spacial score (nSPS) is 10.4. The van der Waals surface area contributed by atoms with E-state index in [1.54, 1.807) is 43.5 Å². The van der Waals surface area contributed by atoms with Crippen LogP contribution in [0.25, 0.3) is 0 Å². The van der Waals surface area contributed by atoms with E-state index in [0.29, 0.717) is 16.8 Å². The summed E-state index contributed by atoms with van der Waals surface area (Å²) in [7, 11) is 0. The highest BCUT2D eigenvalue weighted by Gasteiger charge is 2.18. The molecule has 0 radical (unpaired) electrons. The molecule has 7 nitrogen and oxygen atoms in total. The maximum Gasteiger partial charge on any atom is 0.339 e. The molecular weight excluding hydrogens is 346 g/mol. The van der Waals surface area contributed by atoms with Gasteiger partial charge in [-0.15, -0.1) is 0 Å². The van der Waals surface area contributed by atoms with E-state index in [4.69, 9.17) is 4.74 Å². The van der Waals surface area contributed by atoms with E-state index < -0.39 is 11.9 Å². The van der Waals surface area contributed by atoms with Crippen molar-refractivity contribution < 1.29 is 19.1 Å². The lowest BCUT2D eigenvalue weighted by Crippen LogP contribution is -2.43. The molecule has 2 N–H and O–H groups in total. The average molecular weight is 371 g/mol. The van der Waals surface area contributed by atoms with E-state index >= 15 is 0 Å². The first-order chi connectivity index (χ1) is 12.9. The van der Waals surface area contributed by atoms with Crippen molar-refractivity contribution in [1.82, 2.24) is 15.4 Å². The van der Waals surface area contributed by atoms with Gasteiger partial charge in [0.2, 0.25) is 0 Å². The number of rotatable bonds is 6. The smallest absolute Gasteiger partial charge is 0.339 e. The average Bonchev–Trinajstić information content (AvgIpc) is 2.94. The van der Waals surface area contributed by atoms with E-state index in [0.717, 1.165) is 17.7 Å².